The molecule has 0 bridgehead atoms. The van der Waals surface area contributed by atoms with Gasteiger partial charge in [0.1, 0.15) is 0 Å². The highest BCUT2D eigenvalue weighted by Crippen LogP contribution is 2.13. The summed E-state index contributed by atoms with van der Waals surface area (Å²) in [6, 6.07) is 0. The molecule has 1 radical (unpaired) electrons. The zero-order valence-corrected chi connectivity index (χ0v) is 5.69. The second-order valence-corrected chi connectivity index (χ2v) is 1.98. The summed E-state index contributed by atoms with van der Waals surface area (Å²) >= 11 is 0. The summed E-state index contributed by atoms with van der Waals surface area (Å²) < 4.78 is 0. The van der Waals surface area contributed by atoms with Gasteiger partial charge in [0.2, 0.25) is 0 Å². The summed E-state index contributed by atoms with van der Waals surface area (Å²) in [7, 11) is 0. The van der Waals surface area contributed by atoms with Crippen molar-refractivity contribution in [2.45, 2.75) is 32.6 Å². The van der Waals surface area contributed by atoms with E-state index in [1.54, 1.807) is 0 Å². The van der Waals surface area contributed by atoms with Crippen LogP contribution in [-0.2, 0) is 0 Å². The normalized spacial score (nSPS) is 17.2. The molecule has 2 N–H and O–H groups in total. The molecule has 0 atom stereocenters. The van der Waals surface area contributed by atoms with Crippen molar-refractivity contribution in [3.63, 3.8) is 0 Å². The van der Waals surface area contributed by atoms with Crippen molar-refractivity contribution < 1.29 is 0 Å². The Balaban J connectivity index is 0.000000145. The molecule has 0 aromatic rings. The van der Waals surface area contributed by atoms with Gasteiger partial charge in [-0.1, -0.05) is 32.6 Å². The van der Waals surface area contributed by atoms with E-state index in [4.69, 9.17) is 5.73 Å². The number of hydrogen-bond donors (Lipinski definition) is 1. The van der Waals surface area contributed by atoms with Gasteiger partial charge < -0.3 is 5.73 Å². The van der Waals surface area contributed by atoms with Crippen molar-refractivity contribution in [1.29, 1.82) is 0 Å². The van der Waals surface area contributed by atoms with Crippen LogP contribution in [0.15, 0.2) is 0 Å². The van der Waals surface area contributed by atoms with E-state index in [1.165, 1.54) is 25.7 Å². The molecule has 0 amide bonds. The minimum Gasteiger partial charge on any atom is -0.331 e. The minimum absolute atomic E-state index is 0.750. The van der Waals surface area contributed by atoms with Gasteiger partial charge in [-0.25, -0.2) is 0 Å². The van der Waals surface area contributed by atoms with E-state index < -0.39 is 0 Å². The quantitative estimate of drug-likeness (QED) is 0.510. The fraction of sp³-hybridized carbons (Fsp3) is 0.857. The van der Waals surface area contributed by atoms with Crippen LogP contribution in [0.4, 0.5) is 0 Å². The Morgan fingerprint density at radius 2 is 1.75 bits per heavy atom. The molecule has 1 aliphatic carbocycles. The van der Waals surface area contributed by atoms with Crippen LogP contribution in [0.1, 0.15) is 32.6 Å². The SMILES string of the molecule is CCN.[CH]1CCCC1. The first-order chi connectivity index (χ1) is 3.91. The highest BCUT2D eigenvalue weighted by atomic mass is 14.5. The summed E-state index contributed by atoms with van der Waals surface area (Å²) in [4.78, 5) is 0. The van der Waals surface area contributed by atoms with Gasteiger partial charge in [0, 0.05) is 0 Å². The molecule has 0 spiro atoms. The summed E-state index contributed by atoms with van der Waals surface area (Å²) in [5.41, 5.74) is 4.85. The average molecular weight is 114 g/mol. The lowest BCUT2D eigenvalue weighted by atomic mass is 10.4. The lowest BCUT2D eigenvalue weighted by Gasteiger charge is -1.67. The molecule has 0 aromatic carbocycles. The number of nitrogens with two attached hydrogens (primary N) is 1. The molecule has 0 saturated heterocycles. The Bertz CT molecular complexity index is 23.8. The molecule has 0 aliphatic heterocycles. The predicted octanol–water partition coefficient (Wildman–Crippen LogP) is 1.73. The zero-order valence-electron chi connectivity index (χ0n) is 5.69. The van der Waals surface area contributed by atoms with Gasteiger partial charge in [0.25, 0.3) is 0 Å². The van der Waals surface area contributed by atoms with Crippen molar-refractivity contribution in [1.82, 2.24) is 0 Å². The van der Waals surface area contributed by atoms with E-state index >= 15 is 0 Å². The van der Waals surface area contributed by atoms with Gasteiger partial charge in [-0.2, -0.15) is 0 Å². The molecule has 8 heavy (non-hydrogen) atoms. The van der Waals surface area contributed by atoms with Crippen LogP contribution in [0.2, 0.25) is 0 Å². The number of rotatable bonds is 0. The van der Waals surface area contributed by atoms with Crippen LogP contribution in [0.3, 0.4) is 0 Å². The molecular weight excluding hydrogens is 98.1 g/mol. The summed E-state index contributed by atoms with van der Waals surface area (Å²) in [6.45, 7) is 2.65. The van der Waals surface area contributed by atoms with E-state index in [1.807, 2.05) is 6.92 Å². The van der Waals surface area contributed by atoms with Gasteiger partial charge in [0.15, 0.2) is 0 Å². The first kappa shape index (κ1) is 7.96. The van der Waals surface area contributed by atoms with Crippen LogP contribution in [0, 0.1) is 6.42 Å². The lowest BCUT2D eigenvalue weighted by molar-refractivity contribution is 0.886. The Labute approximate surface area is 52.3 Å². The van der Waals surface area contributed by atoms with Gasteiger partial charge >= 0.3 is 0 Å². The maximum absolute atomic E-state index is 4.85. The average Bonchev–Trinajstić information content (AvgIpc) is 2.17. The monoisotopic (exact) mass is 114 g/mol. The van der Waals surface area contributed by atoms with E-state index in [2.05, 4.69) is 6.42 Å². The second kappa shape index (κ2) is 6.96. The standard InChI is InChI=1S/C5H9.C2H7N/c1-2-4-5-3-1;1-2-3/h1H,2-5H2;2-3H2,1H3. The predicted molar refractivity (Wildman–Crippen MR) is 37.5 cm³/mol. The fourth-order valence-electron chi connectivity index (χ4n) is 0.722. The van der Waals surface area contributed by atoms with Crippen LogP contribution in [0.5, 0.6) is 0 Å². The molecule has 49 valence electrons. The number of hydrogen-bond acceptors (Lipinski definition) is 1. The largest absolute Gasteiger partial charge is 0.331 e. The summed E-state index contributed by atoms with van der Waals surface area (Å²) in [5, 5.41) is 0. The van der Waals surface area contributed by atoms with E-state index in [0.717, 1.165) is 6.54 Å². The van der Waals surface area contributed by atoms with Crippen LogP contribution < -0.4 is 5.73 Å². The first-order valence-corrected chi connectivity index (χ1v) is 3.43. The molecule has 0 aromatic heterocycles. The summed E-state index contributed by atoms with van der Waals surface area (Å²) in [5.74, 6) is 0. The summed E-state index contributed by atoms with van der Waals surface area (Å²) in [6.07, 6.45) is 8.00. The molecule has 1 aliphatic rings. The van der Waals surface area contributed by atoms with Crippen LogP contribution in [-0.4, -0.2) is 6.54 Å². The highest BCUT2D eigenvalue weighted by molar-refractivity contribution is 4.71. The Kier molecular flexibility index (Phi) is 6.93. The maximum atomic E-state index is 4.85. The topological polar surface area (TPSA) is 26.0 Å². The van der Waals surface area contributed by atoms with Crippen molar-refractivity contribution >= 4 is 0 Å². The van der Waals surface area contributed by atoms with E-state index in [0.29, 0.717) is 0 Å². The Morgan fingerprint density at radius 1 is 1.38 bits per heavy atom. The van der Waals surface area contributed by atoms with Crippen LogP contribution in [0.25, 0.3) is 0 Å². The molecule has 1 heteroatoms. The smallest absolute Gasteiger partial charge is 0.0106 e. The lowest BCUT2D eigenvalue weighted by Crippen LogP contribution is -1.87. The van der Waals surface area contributed by atoms with E-state index in [-0.39, 0.29) is 0 Å². The van der Waals surface area contributed by atoms with Crippen molar-refractivity contribution in [3.8, 4) is 0 Å². The Morgan fingerprint density at radius 3 is 1.88 bits per heavy atom. The minimum atomic E-state index is 0.750. The third-order valence-corrected chi connectivity index (χ3v) is 1.07. The van der Waals surface area contributed by atoms with Gasteiger partial charge in [0.05, 0.1) is 0 Å². The molecule has 0 heterocycles. The van der Waals surface area contributed by atoms with E-state index in [9.17, 15) is 0 Å². The molecule has 1 nitrogen and oxygen atoms in total. The Hall–Kier alpha value is -0.0400. The van der Waals surface area contributed by atoms with Crippen molar-refractivity contribution in [3.05, 3.63) is 6.42 Å². The molecular formula is C7H16N. The molecule has 0 unspecified atom stereocenters. The van der Waals surface area contributed by atoms with Gasteiger partial charge in [-0.05, 0) is 13.0 Å². The highest BCUT2D eigenvalue weighted by Gasteiger charge is 1.95. The third-order valence-electron chi connectivity index (χ3n) is 1.07. The first-order valence-electron chi connectivity index (χ1n) is 3.43. The zero-order chi connectivity index (χ0) is 6.24. The maximum Gasteiger partial charge on any atom is -0.0106 e. The molecule has 1 fully saturated rings. The fourth-order valence-corrected chi connectivity index (χ4v) is 0.722. The van der Waals surface area contributed by atoms with Crippen molar-refractivity contribution in [2.75, 3.05) is 6.54 Å². The second-order valence-electron chi connectivity index (χ2n) is 1.98. The third kappa shape index (κ3) is 5.96. The van der Waals surface area contributed by atoms with Crippen molar-refractivity contribution in [2.24, 2.45) is 5.73 Å². The molecule has 1 saturated carbocycles. The molecule has 1 rings (SSSR count). The van der Waals surface area contributed by atoms with Gasteiger partial charge in [-0.3, -0.25) is 0 Å². The van der Waals surface area contributed by atoms with Gasteiger partial charge in [-0.15, -0.1) is 0 Å². The van der Waals surface area contributed by atoms with Crippen LogP contribution >= 0.6 is 0 Å².